The third kappa shape index (κ3) is 4.48. The van der Waals surface area contributed by atoms with E-state index in [1.165, 1.54) is 5.69 Å². The summed E-state index contributed by atoms with van der Waals surface area (Å²) < 4.78 is 1.91. The van der Waals surface area contributed by atoms with Gasteiger partial charge in [0.15, 0.2) is 0 Å². The van der Waals surface area contributed by atoms with Crippen molar-refractivity contribution in [3.8, 4) is 0 Å². The van der Waals surface area contributed by atoms with E-state index in [2.05, 4.69) is 49.1 Å². The Hall–Kier alpha value is -0.870. The maximum atomic E-state index is 4.15. The molecule has 0 fully saturated rings. The second kappa shape index (κ2) is 6.77. The number of aromatic nitrogens is 2. The smallest absolute Gasteiger partial charge is 0.0518 e. The average Bonchev–Trinajstić information content (AvgIpc) is 2.63. The van der Waals surface area contributed by atoms with Gasteiger partial charge in [-0.05, 0) is 33.8 Å². The SMILES string of the molecule is CC(C)N(CCNCc1ccnn1C)C(C)C. The topological polar surface area (TPSA) is 33.1 Å². The normalized spacial score (nSPS) is 12.0. The number of nitrogens with one attached hydrogen (secondary N) is 1. The van der Waals surface area contributed by atoms with Crippen LogP contribution in [0.15, 0.2) is 12.3 Å². The highest BCUT2D eigenvalue weighted by Gasteiger charge is 2.12. The van der Waals surface area contributed by atoms with Crippen LogP contribution >= 0.6 is 0 Å². The van der Waals surface area contributed by atoms with Gasteiger partial charge in [-0.2, -0.15) is 5.10 Å². The van der Waals surface area contributed by atoms with Gasteiger partial charge in [0.05, 0.1) is 5.69 Å². The summed E-state index contributed by atoms with van der Waals surface area (Å²) in [4.78, 5) is 2.50. The van der Waals surface area contributed by atoms with E-state index in [0.29, 0.717) is 12.1 Å². The second-order valence-electron chi connectivity index (χ2n) is 5.05. The molecule has 0 bridgehead atoms. The van der Waals surface area contributed by atoms with Crippen molar-refractivity contribution in [2.45, 2.75) is 46.3 Å². The summed E-state index contributed by atoms with van der Waals surface area (Å²) in [5, 5.41) is 7.62. The van der Waals surface area contributed by atoms with Gasteiger partial charge in [-0.25, -0.2) is 0 Å². The molecule has 1 aromatic rings. The molecule has 0 amide bonds. The van der Waals surface area contributed by atoms with E-state index < -0.39 is 0 Å². The first-order valence-corrected chi connectivity index (χ1v) is 6.45. The largest absolute Gasteiger partial charge is 0.310 e. The highest BCUT2D eigenvalue weighted by molar-refractivity contribution is 4.99. The molecule has 1 heterocycles. The van der Waals surface area contributed by atoms with Gasteiger partial charge in [0.25, 0.3) is 0 Å². The van der Waals surface area contributed by atoms with Gasteiger partial charge < -0.3 is 5.32 Å². The van der Waals surface area contributed by atoms with Gasteiger partial charge in [0, 0.05) is 45.0 Å². The maximum Gasteiger partial charge on any atom is 0.0518 e. The van der Waals surface area contributed by atoms with Crippen LogP contribution in [0.25, 0.3) is 0 Å². The maximum absolute atomic E-state index is 4.15. The standard InChI is InChI=1S/C13H26N4/c1-11(2)17(12(3)4)9-8-14-10-13-6-7-15-16(13)5/h6-7,11-12,14H,8-10H2,1-5H3. The molecular formula is C13H26N4. The molecule has 1 N–H and O–H groups in total. The van der Waals surface area contributed by atoms with E-state index in [0.717, 1.165) is 19.6 Å². The summed E-state index contributed by atoms with van der Waals surface area (Å²) in [6, 6.07) is 3.26. The van der Waals surface area contributed by atoms with Crippen molar-refractivity contribution in [2.75, 3.05) is 13.1 Å². The van der Waals surface area contributed by atoms with Crippen LogP contribution in [-0.2, 0) is 13.6 Å². The molecule has 4 heteroatoms. The molecule has 17 heavy (non-hydrogen) atoms. The molecule has 0 atom stereocenters. The minimum Gasteiger partial charge on any atom is -0.310 e. The van der Waals surface area contributed by atoms with Crippen LogP contribution in [0.5, 0.6) is 0 Å². The lowest BCUT2D eigenvalue weighted by Crippen LogP contribution is -2.41. The molecule has 0 aliphatic rings. The van der Waals surface area contributed by atoms with Gasteiger partial charge in [-0.3, -0.25) is 9.58 Å². The first-order chi connectivity index (χ1) is 8.02. The molecular weight excluding hydrogens is 212 g/mol. The van der Waals surface area contributed by atoms with Crippen molar-refractivity contribution in [1.29, 1.82) is 0 Å². The molecule has 98 valence electrons. The minimum absolute atomic E-state index is 0.605. The fourth-order valence-corrected chi connectivity index (χ4v) is 2.11. The highest BCUT2D eigenvalue weighted by atomic mass is 15.3. The lowest BCUT2D eigenvalue weighted by molar-refractivity contribution is 0.175. The van der Waals surface area contributed by atoms with Crippen LogP contribution in [0.3, 0.4) is 0 Å². The number of hydrogen-bond acceptors (Lipinski definition) is 3. The van der Waals surface area contributed by atoms with Crippen molar-refractivity contribution >= 4 is 0 Å². The van der Waals surface area contributed by atoms with Crippen LogP contribution < -0.4 is 5.32 Å². The zero-order valence-corrected chi connectivity index (χ0v) is 11.8. The summed E-state index contributed by atoms with van der Waals surface area (Å²) in [6.07, 6.45) is 1.84. The zero-order chi connectivity index (χ0) is 12.8. The Morgan fingerprint density at radius 3 is 2.41 bits per heavy atom. The third-order valence-corrected chi connectivity index (χ3v) is 3.10. The van der Waals surface area contributed by atoms with Crippen molar-refractivity contribution in [2.24, 2.45) is 7.05 Å². The first kappa shape index (κ1) is 14.2. The Kier molecular flexibility index (Phi) is 5.65. The van der Waals surface area contributed by atoms with E-state index >= 15 is 0 Å². The van der Waals surface area contributed by atoms with Crippen LogP contribution in [0.2, 0.25) is 0 Å². The van der Waals surface area contributed by atoms with Gasteiger partial charge in [0.1, 0.15) is 0 Å². The summed E-state index contributed by atoms with van der Waals surface area (Å²) in [5.41, 5.74) is 1.23. The van der Waals surface area contributed by atoms with E-state index in [4.69, 9.17) is 0 Å². The number of nitrogens with zero attached hydrogens (tertiary/aromatic N) is 3. The lowest BCUT2D eigenvalue weighted by Gasteiger charge is -2.30. The van der Waals surface area contributed by atoms with Crippen molar-refractivity contribution in [1.82, 2.24) is 20.0 Å². The fraction of sp³-hybridized carbons (Fsp3) is 0.769. The van der Waals surface area contributed by atoms with Gasteiger partial charge >= 0.3 is 0 Å². The quantitative estimate of drug-likeness (QED) is 0.733. The lowest BCUT2D eigenvalue weighted by atomic mass is 10.2. The average molecular weight is 238 g/mol. The van der Waals surface area contributed by atoms with E-state index in [1.54, 1.807) is 0 Å². The van der Waals surface area contributed by atoms with Gasteiger partial charge in [-0.1, -0.05) is 0 Å². The minimum atomic E-state index is 0.605. The molecule has 4 nitrogen and oxygen atoms in total. The van der Waals surface area contributed by atoms with Gasteiger partial charge in [0.2, 0.25) is 0 Å². The Morgan fingerprint density at radius 1 is 1.29 bits per heavy atom. The zero-order valence-electron chi connectivity index (χ0n) is 11.8. The highest BCUT2D eigenvalue weighted by Crippen LogP contribution is 2.03. The third-order valence-electron chi connectivity index (χ3n) is 3.10. The second-order valence-corrected chi connectivity index (χ2v) is 5.05. The number of aryl methyl sites for hydroxylation is 1. The van der Waals surface area contributed by atoms with Crippen molar-refractivity contribution < 1.29 is 0 Å². The van der Waals surface area contributed by atoms with Gasteiger partial charge in [-0.15, -0.1) is 0 Å². The van der Waals surface area contributed by atoms with Crippen molar-refractivity contribution in [3.05, 3.63) is 18.0 Å². The first-order valence-electron chi connectivity index (χ1n) is 6.45. The molecule has 0 unspecified atom stereocenters. The van der Waals surface area contributed by atoms with Crippen LogP contribution in [0.4, 0.5) is 0 Å². The monoisotopic (exact) mass is 238 g/mol. The van der Waals surface area contributed by atoms with Crippen LogP contribution in [0.1, 0.15) is 33.4 Å². The Morgan fingerprint density at radius 2 is 1.94 bits per heavy atom. The Balaban J connectivity index is 2.25. The van der Waals surface area contributed by atoms with E-state index in [-0.39, 0.29) is 0 Å². The van der Waals surface area contributed by atoms with E-state index in [9.17, 15) is 0 Å². The number of rotatable bonds is 7. The Labute approximate surface area is 105 Å². The molecule has 0 saturated heterocycles. The molecule has 0 aliphatic carbocycles. The molecule has 1 aromatic heterocycles. The molecule has 0 saturated carbocycles. The van der Waals surface area contributed by atoms with Crippen LogP contribution in [-0.4, -0.2) is 39.9 Å². The number of hydrogen-bond donors (Lipinski definition) is 1. The summed E-state index contributed by atoms with van der Waals surface area (Å²) >= 11 is 0. The van der Waals surface area contributed by atoms with E-state index in [1.807, 2.05) is 17.9 Å². The summed E-state index contributed by atoms with van der Waals surface area (Å²) in [5.74, 6) is 0. The predicted octanol–water partition coefficient (Wildman–Crippen LogP) is 1.63. The molecule has 1 rings (SSSR count). The Bertz CT molecular complexity index is 309. The summed E-state index contributed by atoms with van der Waals surface area (Å²) in [7, 11) is 1.98. The fourth-order valence-electron chi connectivity index (χ4n) is 2.11. The summed E-state index contributed by atoms with van der Waals surface area (Å²) in [6.45, 7) is 12.0. The molecule has 0 radical (unpaired) electrons. The molecule has 0 aliphatic heterocycles. The van der Waals surface area contributed by atoms with Crippen LogP contribution in [0, 0.1) is 0 Å². The molecule has 0 spiro atoms. The van der Waals surface area contributed by atoms with Crippen molar-refractivity contribution in [3.63, 3.8) is 0 Å². The molecule has 0 aromatic carbocycles. The predicted molar refractivity (Wildman–Crippen MR) is 71.9 cm³/mol.